The number of benzene rings is 2. The third-order valence-electron chi connectivity index (χ3n) is 5.05. The van der Waals surface area contributed by atoms with Crippen molar-refractivity contribution in [2.24, 2.45) is 0 Å². The van der Waals surface area contributed by atoms with Gasteiger partial charge in [-0.05, 0) is 50.1 Å². The van der Waals surface area contributed by atoms with Gasteiger partial charge in [0.05, 0.1) is 22.0 Å². The fourth-order valence-electron chi connectivity index (χ4n) is 3.41. The van der Waals surface area contributed by atoms with Crippen molar-refractivity contribution in [2.45, 2.75) is 45.8 Å². The Kier molecular flexibility index (Phi) is 10.5. The minimum Gasteiger partial charge on any atom is -0.352 e. The first-order chi connectivity index (χ1) is 16.3. The number of carbonyl (C=O) groups excluding carboxylic acids is 2. The topological polar surface area (TPSA) is 86.8 Å². The molecule has 0 fully saturated rings. The van der Waals surface area contributed by atoms with E-state index in [0.29, 0.717) is 15.6 Å². The molecule has 0 unspecified atom stereocenters. The second-order valence-corrected chi connectivity index (χ2v) is 11.7. The van der Waals surface area contributed by atoms with Crippen molar-refractivity contribution in [3.63, 3.8) is 0 Å². The highest BCUT2D eigenvalue weighted by Crippen LogP contribution is 2.34. The molecular formula is C23H27Cl4N3O4S. The molecular weight excluding hydrogens is 556 g/mol. The molecule has 1 atom stereocenters. The number of nitrogens with zero attached hydrogens (tertiary/aromatic N) is 2. The predicted molar refractivity (Wildman–Crippen MR) is 143 cm³/mol. The number of rotatable bonds is 10. The zero-order chi connectivity index (χ0) is 26.5. The van der Waals surface area contributed by atoms with Crippen LogP contribution in [0.25, 0.3) is 0 Å². The lowest BCUT2D eigenvalue weighted by Crippen LogP contribution is -2.53. The Hall–Kier alpha value is -1.71. The van der Waals surface area contributed by atoms with Crippen LogP contribution in [0.15, 0.2) is 36.4 Å². The Morgan fingerprint density at radius 3 is 2.23 bits per heavy atom. The van der Waals surface area contributed by atoms with Crippen LogP contribution in [0.5, 0.6) is 0 Å². The number of hydrogen-bond acceptors (Lipinski definition) is 4. The summed E-state index contributed by atoms with van der Waals surface area (Å²) >= 11 is 24.7. The number of halogens is 4. The van der Waals surface area contributed by atoms with E-state index in [1.807, 2.05) is 0 Å². The second-order valence-electron chi connectivity index (χ2n) is 8.19. The highest BCUT2D eigenvalue weighted by atomic mass is 35.5. The molecule has 0 saturated carbocycles. The first kappa shape index (κ1) is 29.5. The molecule has 0 radical (unpaired) electrons. The lowest BCUT2D eigenvalue weighted by molar-refractivity contribution is -0.140. The van der Waals surface area contributed by atoms with E-state index >= 15 is 0 Å². The maximum absolute atomic E-state index is 13.6. The van der Waals surface area contributed by atoms with Gasteiger partial charge in [-0.25, -0.2) is 8.42 Å². The van der Waals surface area contributed by atoms with E-state index in [2.05, 4.69) is 5.32 Å². The number of amides is 2. The van der Waals surface area contributed by atoms with Crippen molar-refractivity contribution >= 4 is 73.9 Å². The van der Waals surface area contributed by atoms with E-state index in [4.69, 9.17) is 46.4 Å². The van der Waals surface area contributed by atoms with Gasteiger partial charge in [0, 0.05) is 22.6 Å². The third-order valence-corrected chi connectivity index (χ3v) is 7.57. The van der Waals surface area contributed by atoms with Crippen molar-refractivity contribution in [3.8, 4) is 0 Å². The number of carbonyl (C=O) groups is 2. The molecule has 35 heavy (non-hydrogen) atoms. The van der Waals surface area contributed by atoms with Gasteiger partial charge >= 0.3 is 0 Å². The average molecular weight is 583 g/mol. The number of nitrogens with one attached hydrogen (secondary N) is 1. The molecule has 0 aliphatic carbocycles. The van der Waals surface area contributed by atoms with Gasteiger partial charge in [-0.2, -0.15) is 0 Å². The molecule has 192 valence electrons. The summed E-state index contributed by atoms with van der Waals surface area (Å²) in [5.74, 6) is -0.990. The van der Waals surface area contributed by atoms with Crippen LogP contribution in [0.2, 0.25) is 20.1 Å². The summed E-state index contributed by atoms with van der Waals surface area (Å²) in [6.07, 6.45) is 1.24. The van der Waals surface area contributed by atoms with Crippen LogP contribution in [-0.4, -0.2) is 50.0 Å². The SMILES string of the molecule is CC[C@@H](C(=O)NC(C)C)N(Cc1ccc(Cl)cc1Cl)C(=O)CN(c1cccc(Cl)c1Cl)S(C)(=O)=O. The van der Waals surface area contributed by atoms with Gasteiger partial charge in [-0.15, -0.1) is 0 Å². The summed E-state index contributed by atoms with van der Waals surface area (Å²) in [4.78, 5) is 27.9. The summed E-state index contributed by atoms with van der Waals surface area (Å²) < 4.78 is 26.2. The largest absolute Gasteiger partial charge is 0.352 e. The Balaban J connectivity index is 2.52. The molecule has 12 heteroatoms. The van der Waals surface area contributed by atoms with Crippen molar-refractivity contribution in [1.29, 1.82) is 0 Å². The highest BCUT2D eigenvalue weighted by Gasteiger charge is 2.33. The molecule has 0 aromatic heterocycles. The predicted octanol–water partition coefficient (Wildman–Crippen LogP) is 5.40. The van der Waals surface area contributed by atoms with Crippen molar-refractivity contribution < 1.29 is 18.0 Å². The lowest BCUT2D eigenvalue weighted by atomic mass is 10.1. The van der Waals surface area contributed by atoms with E-state index in [-0.39, 0.29) is 40.6 Å². The first-order valence-corrected chi connectivity index (χ1v) is 14.1. The fourth-order valence-corrected chi connectivity index (χ4v) is 5.18. The molecule has 0 heterocycles. The van der Waals surface area contributed by atoms with E-state index in [1.165, 1.54) is 29.2 Å². The van der Waals surface area contributed by atoms with E-state index in [0.717, 1.165) is 10.6 Å². The molecule has 0 bridgehead atoms. The molecule has 7 nitrogen and oxygen atoms in total. The minimum absolute atomic E-state index is 0.00993. The van der Waals surface area contributed by atoms with E-state index in [1.54, 1.807) is 32.9 Å². The van der Waals surface area contributed by atoms with Gasteiger partial charge in [-0.1, -0.05) is 65.5 Å². The first-order valence-electron chi connectivity index (χ1n) is 10.7. The summed E-state index contributed by atoms with van der Waals surface area (Å²) in [7, 11) is -3.95. The number of anilines is 1. The number of hydrogen-bond donors (Lipinski definition) is 1. The third kappa shape index (κ3) is 7.89. The second kappa shape index (κ2) is 12.5. The van der Waals surface area contributed by atoms with Gasteiger partial charge in [0.2, 0.25) is 21.8 Å². The van der Waals surface area contributed by atoms with Crippen LogP contribution in [-0.2, 0) is 26.2 Å². The molecule has 2 aromatic carbocycles. The van der Waals surface area contributed by atoms with Crippen molar-refractivity contribution in [2.75, 3.05) is 17.1 Å². The Labute approximate surface area is 226 Å². The highest BCUT2D eigenvalue weighted by molar-refractivity contribution is 7.92. The molecule has 2 amide bonds. The zero-order valence-corrected chi connectivity index (χ0v) is 23.5. The molecule has 0 saturated heterocycles. The Morgan fingerprint density at radius 1 is 1.03 bits per heavy atom. The summed E-state index contributed by atoms with van der Waals surface area (Å²) in [5, 5.41) is 3.67. The summed E-state index contributed by atoms with van der Waals surface area (Å²) in [6, 6.07) is 8.25. The minimum atomic E-state index is -3.95. The van der Waals surface area contributed by atoms with Crippen LogP contribution in [0.1, 0.15) is 32.8 Å². The molecule has 1 N–H and O–H groups in total. The average Bonchev–Trinajstić information content (AvgIpc) is 2.74. The van der Waals surface area contributed by atoms with Gasteiger partial charge in [0.1, 0.15) is 12.6 Å². The Bertz CT molecular complexity index is 1190. The summed E-state index contributed by atoms with van der Waals surface area (Å²) in [6.45, 7) is 4.73. The van der Waals surface area contributed by atoms with Crippen LogP contribution < -0.4 is 9.62 Å². The maximum Gasteiger partial charge on any atom is 0.244 e. The molecule has 2 rings (SSSR count). The monoisotopic (exact) mass is 581 g/mol. The van der Waals surface area contributed by atoms with Gasteiger partial charge in [0.15, 0.2) is 0 Å². The van der Waals surface area contributed by atoms with Crippen LogP contribution in [0.4, 0.5) is 5.69 Å². The van der Waals surface area contributed by atoms with Crippen LogP contribution in [0.3, 0.4) is 0 Å². The van der Waals surface area contributed by atoms with Crippen molar-refractivity contribution in [1.82, 2.24) is 10.2 Å². The van der Waals surface area contributed by atoms with E-state index in [9.17, 15) is 18.0 Å². The van der Waals surface area contributed by atoms with Gasteiger partial charge in [0.25, 0.3) is 0 Å². The quantitative estimate of drug-likeness (QED) is 0.406. The van der Waals surface area contributed by atoms with Gasteiger partial charge in [-0.3, -0.25) is 13.9 Å². The maximum atomic E-state index is 13.6. The molecule has 2 aromatic rings. The summed E-state index contributed by atoms with van der Waals surface area (Å²) in [5.41, 5.74) is 0.603. The van der Waals surface area contributed by atoms with Gasteiger partial charge < -0.3 is 10.2 Å². The normalized spacial score (nSPS) is 12.4. The number of sulfonamides is 1. The molecule has 0 aliphatic rings. The molecule has 0 spiro atoms. The van der Waals surface area contributed by atoms with E-state index < -0.39 is 28.5 Å². The lowest BCUT2D eigenvalue weighted by Gasteiger charge is -2.33. The van der Waals surface area contributed by atoms with Crippen molar-refractivity contribution in [3.05, 3.63) is 62.1 Å². The Morgan fingerprint density at radius 2 is 1.69 bits per heavy atom. The van der Waals surface area contributed by atoms with Crippen LogP contribution >= 0.6 is 46.4 Å². The smallest absolute Gasteiger partial charge is 0.244 e. The standard InChI is InChI=1S/C23H27Cl4N3O4S/c1-5-19(23(32)28-14(2)3)29(12-15-9-10-16(24)11-18(15)26)21(31)13-30(35(4,33)34)20-8-6-7-17(25)22(20)27/h6-11,14,19H,5,12-13H2,1-4H3,(H,28,32)/t19-/m0/s1. The fraction of sp³-hybridized carbons (Fsp3) is 0.391. The van der Waals surface area contributed by atoms with Crippen LogP contribution in [0, 0.1) is 0 Å². The molecule has 0 aliphatic heterocycles. The zero-order valence-electron chi connectivity index (χ0n) is 19.7.